The quantitative estimate of drug-likeness (QED) is 0.545. The van der Waals surface area contributed by atoms with Crippen LogP contribution in [-0.2, 0) is 20.9 Å². The highest BCUT2D eigenvalue weighted by Gasteiger charge is 2.22. The molecule has 0 bridgehead atoms. The Morgan fingerprint density at radius 1 is 1.08 bits per heavy atom. The molecular formula is C27H34N4O5. The van der Waals surface area contributed by atoms with E-state index in [1.807, 2.05) is 49.4 Å². The molecule has 0 saturated carbocycles. The summed E-state index contributed by atoms with van der Waals surface area (Å²) in [6.07, 6.45) is 1.41. The minimum atomic E-state index is -0.0159. The molecule has 0 unspecified atom stereocenters. The molecule has 0 aliphatic carbocycles. The van der Waals surface area contributed by atoms with Crippen molar-refractivity contribution in [3.8, 4) is 11.5 Å². The van der Waals surface area contributed by atoms with Crippen LogP contribution in [0.5, 0.6) is 11.5 Å². The van der Waals surface area contributed by atoms with Crippen molar-refractivity contribution in [1.82, 2.24) is 9.91 Å². The van der Waals surface area contributed by atoms with Gasteiger partial charge in [-0.3, -0.25) is 14.5 Å². The zero-order valence-corrected chi connectivity index (χ0v) is 21.0. The van der Waals surface area contributed by atoms with Gasteiger partial charge in [-0.05, 0) is 42.8 Å². The second-order valence-electron chi connectivity index (χ2n) is 8.75. The van der Waals surface area contributed by atoms with Gasteiger partial charge in [0.1, 0.15) is 0 Å². The Labute approximate surface area is 212 Å². The fraction of sp³-hybridized carbons (Fsp3) is 0.444. The third kappa shape index (κ3) is 6.83. The molecule has 0 radical (unpaired) electrons. The summed E-state index contributed by atoms with van der Waals surface area (Å²) in [5.41, 5.74) is 3.42. The first-order valence-corrected chi connectivity index (χ1v) is 12.4. The van der Waals surface area contributed by atoms with Gasteiger partial charge in [-0.2, -0.15) is 5.10 Å². The number of carbonyl (C=O) groups is 2. The standard InChI is InChI=1S/C27H34N4O5/c1-3-36-25-18-21(6-10-24(25)34-2)23-9-11-27(33)31(29-23)19-20-4-7-22(8-5-20)28-26(32)12-13-30-14-16-35-17-15-30/h4-8,10,18H,3,9,11-17,19H2,1-2H3,(H,28,32). The van der Waals surface area contributed by atoms with Crippen molar-refractivity contribution in [3.63, 3.8) is 0 Å². The lowest BCUT2D eigenvalue weighted by molar-refractivity contribution is -0.132. The molecule has 1 N–H and O–H groups in total. The zero-order valence-electron chi connectivity index (χ0n) is 21.0. The predicted molar refractivity (Wildman–Crippen MR) is 137 cm³/mol. The number of hydrogen-bond acceptors (Lipinski definition) is 7. The Morgan fingerprint density at radius 3 is 2.58 bits per heavy atom. The van der Waals surface area contributed by atoms with Gasteiger partial charge in [-0.1, -0.05) is 12.1 Å². The molecule has 2 aliphatic rings. The summed E-state index contributed by atoms with van der Waals surface area (Å²) in [7, 11) is 1.61. The zero-order chi connectivity index (χ0) is 25.3. The first-order valence-electron chi connectivity index (χ1n) is 12.4. The number of nitrogens with one attached hydrogen (secondary N) is 1. The average molecular weight is 495 g/mol. The van der Waals surface area contributed by atoms with Crippen molar-refractivity contribution in [2.75, 3.05) is 51.9 Å². The van der Waals surface area contributed by atoms with E-state index in [9.17, 15) is 9.59 Å². The second-order valence-corrected chi connectivity index (χ2v) is 8.75. The molecule has 192 valence electrons. The molecule has 9 nitrogen and oxygen atoms in total. The summed E-state index contributed by atoms with van der Waals surface area (Å²) in [6, 6.07) is 13.2. The van der Waals surface area contributed by atoms with Gasteiger partial charge in [-0.15, -0.1) is 0 Å². The van der Waals surface area contributed by atoms with Gasteiger partial charge in [0.15, 0.2) is 11.5 Å². The smallest absolute Gasteiger partial charge is 0.243 e. The Bertz CT molecular complexity index is 1080. The molecule has 1 fully saturated rings. The maximum atomic E-state index is 12.6. The van der Waals surface area contributed by atoms with Gasteiger partial charge in [0.2, 0.25) is 11.8 Å². The highest BCUT2D eigenvalue weighted by Crippen LogP contribution is 2.30. The van der Waals surface area contributed by atoms with E-state index in [0.29, 0.717) is 43.9 Å². The number of carbonyl (C=O) groups excluding carboxylic acids is 2. The minimum absolute atomic E-state index is 0.0133. The van der Waals surface area contributed by atoms with Crippen molar-refractivity contribution < 1.29 is 23.8 Å². The van der Waals surface area contributed by atoms with Crippen LogP contribution in [0.15, 0.2) is 47.6 Å². The number of nitrogens with zero attached hydrogens (tertiary/aromatic N) is 3. The van der Waals surface area contributed by atoms with Crippen LogP contribution in [0.1, 0.15) is 37.3 Å². The molecule has 36 heavy (non-hydrogen) atoms. The SMILES string of the molecule is CCOc1cc(C2=NN(Cc3ccc(NC(=O)CCN4CCOCC4)cc3)C(=O)CC2)ccc1OC. The molecule has 0 atom stereocenters. The number of anilines is 1. The van der Waals surface area contributed by atoms with Crippen LogP contribution in [0.3, 0.4) is 0 Å². The summed E-state index contributed by atoms with van der Waals surface area (Å²) in [4.78, 5) is 27.1. The van der Waals surface area contributed by atoms with Crippen molar-refractivity contribution in [2.45, 2.75) is 32.7 Å². The van der Waals surface area contributed by atoms with Crippen LogP contribution < -0.4 is 14.8 Å². The van der Waals surface area contributed by atoms with E-state index in [0.717, 1.165) is 55.4 Å². The van der Waals surface area contributed by atoms with Gasteiger partial charge in [-0.25, -0.2) is 5.01 Å². The maximum absolute atomic E-state index is 12.6. The topological polar surface area (TPSA) is 92.7 Å². The monoisotopic (exact) mass is 494 g/mol. The third-order valence-electron chi connectivity index (χ3n) is 6.23. The number of hydrogen-bond donors (Lipinski definition) is 1. The number of benzene rings is 2. The highest BCUT2D eigenvalue weighted by molar-refractivity contribution is 6.04. The fourth-order valence-electron chi connectivity index (χ4n) is 4.23. The van der Waals surface area contributed by atoms with E-state index in [1.54, 1.807) is 7.11 Å². The van der Waals surface area contributed by atoms with E-state index < -0.39 is 0 Å². The summed E-state index contributed by atoms with van der Waals surface area (Å²) < 4.78 is 16.4. The Hall–Kier alpha value is -3.43. The molecule has 2 heterocycles. The second kappa shape index (κ2) is 12.5. The van der Waals surface area contributed by atoms with Crippen LogP contribution in [0.2, 0.25) is 0 Å². The van der Waals surface area contributed by atoms with Crippen LogP contribution >= 0.6 is 0 Å². The number of methoxy groups -OCH3 is 1. The predicted octanol–water partition coefficient (Wildman–Crippen LogP) is 3.28. The van der Waals surface area contributed by atoms with Crippen LogP contribution in [-0.4, -0.2) is 74.0 Å². The first kappa shape index (κ1) is 25.7. The molecule has 1 saturated heterocycles. The van der Waals surface area contributed by atoms with Gasteiger partial charge in [0.05, 0.1) is 39.2 Å². The Balaban J connectivity index is 1.36. The molecule has 9 heteroatoms. The van der Waals surface area contributed by atoms with Gasteiger partial charge >= 0.3 is 0 Å². The van der Waals surface area contributed by atoms with E-state index in [1.165, 1.54) is 5.01 Å². The molecule has 2 aliphatic heterocycles. The average Bonchev–Trinajstić information content (AvgIpc) is 2.90. The summed E-state index contributed by atoms with van der Waals surface area (Å²) >= 11 is 0. The van der Waals surface area contributed by atoms with E-state index >= 15 is 0 Å². The summed E-state index contributed by atoms with van der Waals surface area (Å²) in [5, 5.41) is 9.11. The lowest BCUT2D eigenvalue weighted by Crippen LogP contribution is -2.38. The van der Waals surface area contributed by atoms with Crippen LogP contribution in [0, 0.1) is 0 Å². The highest BCUT2D eigenvalue weighted by atomic mass is 16.5. The van der Waals surface area contributed by atoms with Crippen molar-refractivity contribution in [3.05, 3.63) is 53.6 Å². The normalized spacial score (nSPS) is 16.4. The molecule has 2 aromatic carbocycles. The molecule has 0 aromatic heterocycles. The van der Waals surface area contributed by atoms with Crippen molar-refractivity contribution in [2.24, 2.45) is 5.10 Å². The molecule has 2 amide bonds. The Kier molecular flexibility index (Phi) is 8.91. The van der Waals surface area contributed by atoms with E-state index in [2.05, 4.69) is 15.3 Å². The number of morpholine rings is 1. The largest absolute Gasteiger partial charge is 0.493 e. The van der Waals surface area contributed by atoms with Gasteiger partial charge < -0.3 is 19.5 Å². The number of rotatable bonds is 10. The minimum Gasteiger partial charge on any atom is -0.493 e. The van der Waals surface area contributed by atoms with Crippen LogP contribution in [0.25, 0.3) is 0 Å². The van der Waals surface area contributed by atoms with E-state index in [4.69, 9.17) is 14.2 Å². The fourth-order valence-corrected chi connectivity index (χ4v) is 4.23. The number of hydrazone groups is 1. The van der Waals surface area contributed by atoms with Gasteiger partial charge in [0, 0.05) is 50.1 Å². The lowest BCUT2D eigenvalue weighted by Gasteiger charge is -2.26. The lowest BCUT2D eigenvalue weighted by atomic mass is 10.0. The number of ether oxygens (including phenoxy) is 3. The van der Waals surface area contributed by atoms with Gasteiger partial charge in [0.25, 0.3) is 0 Å². The first-order chi connectivity index (χ1) is 17.6. The molecule has 4 rings (SSSR count). The number of amides is 2. The Morgan fingerprint density at radius 2 is 1.86 bits per heavy atom. The molecule has 0 spiro atoms. The van der Waals surface area contributed by atoms with Crippen LogP contribution in [0.4, 0.5) is 5.69 Å². The summed E-state index contributed by atoms with van der Waals surface area (Å²) in [6.45, 7) is 6.73. The molecular weight excluding hydrogens is 460 g/mol. The van der Waals surface area contributed by atoms with Crippen molar-refractivity contribution in [1.29, 1.82) is 0 Å². The maximum Gasteiger partial charge on any atom is 0.243 e. The summed E-state index contributed by atoms with van der Waals surface area (Å²) in [5.74, 6) is 1.29. The van der Waals surface area contributed by atoms with E-state index in [-0.39, 0.29) is 11.8 Å². The molecule has 2 aromatic rings. The third-order valence-corrected chi connectivity index (χ3v) is 6.23. The van der Waals surface area contributed by atoms with Crippen molar-refractivity contribution >= 4 is 23.2 Å².